The minimum atomic E-state index is -4.84. The number of urea groups is 1. The van der Waals surface area contributed by atoms with Gasteiger partial charge in [-0.1, -0.05) is 0 Å². The molecule has 0 saturated carbocycles. The Morgan fingerprint density at radius 1 is 1.55 bits per heavy atom. The second-order valence-electron chi connectivity index (χ2n) is 1.52. The van der Waals surface area contributed by atoms with E-state index in [0.29, 0.717) is 0 Å². The van der Waals surface area contributed by atoms with Crippen LogP contribution in [-0.2, 0) is 4.74 Å². The van der Waals surface area contributed by atoms with Gasteiger partial charge in [-0.3, -0.25) is 0 Å². The van der Waals surface area contributed by atoms with E-state index in [1.54, 1.807) is 11.9 Å². The molecule has 0 unspecified atom stereocenters. The molecular weight excluding hydrogens is 165 g/mol. The fourth-order valence-electron chi connectivity index (χ4n) is 0.413. The van der Waals surface area contributed by atoms with Crippen LogP contribution in [0.4, 0.5) is 18.0 Å². The van der Waals surface area contributed by atoms with Crippen LogP contribution in [0.15, 0.2) is 4.99 Å². The molecule has 0 aliphatic carbocycles. The quantitative estimate of drug-likeness (QED) is 0.575. The van der Waals surface area contributed by atoms with Gasteiger partial charge in [0.15, 0.2) is 6.54 Å². The van der Waals surface area contributed by atoms with Crippen LogP contribution in [0.5, 0.6) is 0 Å². The molecule has 0 aromatic rings. The molecule has 2 radical (unpaired) electrons. The molecule has 1 aliphatic heterocycles. The molecule has 0 aromatic heterocycles. The minimum Gasteiger partial charge on any atom is -0.389 e. The predicted octanol–water partition coefficient (Wildman–Crippen LogP) is 0.683. The zero-order chi connectivity index (χ0) is 8.48. The molecule has 0 aromatic carbocycles. The van der Waals surface area contributed by atoms with Crippen LogP contribution in [0.2, 0.25) is 0 Å². The summed E-state index contributed by atoms with van der Waals surface area (Å²) in [5, 5.41) is 1.77. The van der Waals surface area contributed by atoms with Gasteiger partial charge < -0.3 is 10.1 Å². The molecule has 0 saturated heterocycles. The second-order valence-corrected chi connectivity index (χ2v) is 1.52. The third-order valence-corrected chi connectivity index (χ3v) is 0.692. The number of halogens is 3. The van der Waals surface area contributed by atoms with Crippen molar-refractivity contribution in [2.45, 2.75) is 6.36 Å². The lowest BCUT2D eigenvalue weighted by Crippen LogP contribution is -2.20. The summed E-state index contributed by atoms with van der Waals surface area (Å²) >= 11 is 0. The third-order valence-electron chi connectivity index (χ3n) is 0.692. The van der Waals surface area contributed by atoms with Crippen molar-refractivity contribution in [3.63, 3.8) is 0 Å². The number of hydrogen-bond donors (Lipinski definition) is 1. The van der Waals surface area contributed by atoms with Crippen molar-refractivity contribution in [1.82, 2.24) is 5.32 Å². The van der Waals surface area contributed by atoms with Crippen molar-refractivity contribution >= 4 is 11.9 Å². The van der Waals surface area contributed by atoms with Gasteiger partial charge in [-0.15, -0.1) is 13.2 Å². The first-order valence-corrected chi connectivity index (χ1v) is 2.38. The van der Waals surface area contributed by atoms with E-state index in [-0.39, 0.29) is 0 Å². The van der Waals surface area contributed by atoms with E-state index in [9.17, 15) is 18.0 Å². The first kappa shape index (κ1) is 7.83. The van der Waals surface area contributed by atoms with Crippen molar-refractivity contribution in [1.29, 1.82) is 0 Å². The zero-order valence-corrected chi connectivity index (χ0v) is 4.90. The number of nitrogens with zero attached hydrogens (tertiary/aromatic N) is 1. The molecule has 0 fully saturated rings. The number of ether oxygens (including phenoxy) is 1. The van der Waals surface area contributed by atoms with Crippen LogP contribution < -0.4 is 5.32 Å². The Hall–Kier alpha value is -1.27. The van der Waals surface area contributed by atoms with Gasteiger partial charge in [-0.05, 0) is 0 Å². The van der Waals surface area contributed by atoms with E-state index in [1.807, 2.05) is 0 Å². The maximum atomic E-state index is 11.4. The smallest absolute Gasteiger partial charge is 0.389 e. The third kappa shape index (κ3) is 2.44. The molecule has 0 bridgehead atoms. The number of amides is 2. The van der Waals surface area contributed by atoms with Gasteiger partial charge in [0.25, 0.3) is 0 Å². The lowest BCUT2D eigenvalue weighted by Gasteiger charge is -2.05. The van der Waals surface area contributed by atoms with Crippen LogP contribution in [0.25, 0.3) is 0 Å². The van der Waals surface area contributed by atoms with Gasteiger partial charge >= 0.3 is 12.4 Å². The summed E-state index contributed by atoms with van der Waals surface area (Å²) in [5.41, 5.74) is 0. The van der Waals surface area contributed by atoms with Crippen LogP contribution >= 0.6 is 0 Å². The molecule has 1 aliphatic rings. The SMILES string of the molecule is O=C1N=C(OC(F)(F)F)[C]N1. The van der Waals surface area contributed by atoms with E-state index >= 15 is 0 Å². The van der Waals surface area contributed by atoms with Crippen LogP contribution in [-0.4, -0.2) is 18.3 Å². The average molecular weight is 166 g/mol. The summed E-state index contributed by atoms with van der Waals surface area (Å²) < 4.78 is 37.3. The molecule has 1 heterocycles. The Morgan fingerprint density at radius 3 is 2.55 bits per heavy atom. The molecule has 0 atom stereocenters. The van der Waals surface area contributed by atoms with Crippen molar-refractivity contribution in [3.8, 4) is 0 Å². The average Bonchev–Trinajstić information content (AvgIpc) is 2.10. The lowest BCUT2D eigenvalue weighted by molar-refractivity contribution is -0.283. The maximum absolute atomic E-state index is 11.4. The van der Waals surface area contributed by atoms with Gasteiger partial charge in [0.2, 0.25) is 5.90 Å². The highest BCUT2D eigenvalue weighted by atomic mass is 19.4. The fourth-order valence-corrected chi connectivity index (χ4v) is 0.413. The van der Waals surface area contributed by atoms with Gasteiger partial charge in [-0.25, -0.2) is 4.79 Å². The van der Waals surface area contributed by atoms with Gasteiger partial charge in [0, 0.05) is 0 Å². The Labute approximate surface area is 59.0 Å². The summed E-state index contributed by atoms with van der Waals surface area (Å²) in [4.78, 5) is 12.9. The highest BCUT2D eigenvalue weighted by Gasteiger charge is 2.35. The number of rotatable bonds is 0. The lowest BCUT2D eigenvalue weighted by atomic mass is 10.7. The second kappa shape index (κ2) is 2.40. The maximum Gasteiger partial charge on any atom is 0.574 e. The number of carbonyl (C=O) groups excluding carboxylic acids is 1. The molecule has 60 valence electrons. The highest BCUT2D eigenvalue weighted by molar-refractivity contribution is 6.02. The number of hydrogen-bond acceptors (Lipinski definition) is 2. The van der Waals surface area contributed by atoms with E-state index in [1.165, 1.54) is 0 Å². The van der Waals surface area contributed by atoms with Gasteiger partial charge in [0.1, 0.15) is 0 Å². The standard InChI is InChI=1S/C4HF3N2O2/c5-4(6,7)11-2-1-8-3(10)9-2/h(H,8,10). The van der Waals surface area contributed by atoms with Crippen LogP contribution in [0.1, 0.15) is 0 Å². The monoisotopic (exact) mass is 166 g/mol. The molecule has 0 spiro atoms. The normalized spacial score (nSPS) is 17.7. The number of nitrogens with one attached hydrogen (secondary N) is 1. The minimum absolute atomic E-state index is 0.900. The summed E-state index contributed by atoms with van der Waals surface area (Å²) in [7, 11) is 0. The zero-order valence-electron chi connectivity index (χ0n) is 4.90. The summed E-state index contributed by atoms with van der Waals surface area (Å²) in [6, 6.07) is -0.927. The highest BCUT2D eigenvalue weighted by Crippen LogP contribution is 2.18. The van der Waals surface area contributed by atoms with Gasteiger partial charge in [0.05, 0.1) is 0 Å². The van der Waals surface area contributed by atoms with Gasteiger partial charge in [-0.2, -0.15) is 4.99 Å². The van der Waals surface area contributed by atoms with Crippen molar-refractivity contribution in [3.05, 3.63) is 6.54 Å². The molecule has 1 rings (SSSR count). The Balaban J connectivity index is 2.51. The van der Waals surface area contributed by atoms with E-state index in [4.69, 9.17) is 0 Å². The number of carbonyl (C=O) groups is 1. The summed E-state index contributed by atoms with van der Waals surface area (Å²) in [6.07, 6.45) is -4.84. The van der Waals surface area contributed by atoms with E-state index in [2.05, 4.69) is 9.73 Å². The molecule has 2 amide bonds. The molecule has 1 N–H and O–H groups in total. The van der Waals surface area contributed by atoms with Crippen molar-refractivity contribution < 1.29 is 22.7 Å². The van der Waals surface area contributed by atoms with Crippen molar-refractivity contribution in [2.24, 2.45) is 4.99 Å². The first-order valence-electron chi connectivity index (χ1n) is 2.38. The summed E-state index contributed by atoms with van der Waals surface area (Å²) in [5.74, 6) is -0.900. The molecule has 11 heavy (non-hydrogen) atoms. The Kier molecular flexibility index (Phi) is 1.71. The van der Waals surface area contributed by atoms with Crippen LogP contribution in [0.3, 0.4) is 0 Å². The molecule has 4 nitrogen and oxygen atoms in total. The predicted molar refractivity (Wildman–Crippen MR) is 26.3 cm³/mol. The Morgan fingerprint density at radius 2 is 2.18 bits per heavy atom. The van der Waals surface area contributed by atoms with E-state index in [0.717, 1.165) is 0 Å². The largest absolute Gasteiger partial charge is 0.574 e. The van der Waals surface area contributed by atoms with Crippen molar-refractivity contribution in [2.75, 3.05) is 0 Å². The summed E-state index contributed by atoms with van der Waals surface area (Å²) in [6.45, 7) is 1.77. The Bertz CT molecular complexity index is 210. The fraction of sp³-hybridized carbons (Fsp3) is 0.250. The topological polar surface area (TPSA) is 50.7 Å². The number of alkyl halides is 3. The number of aliphatic imine (C=N–C) groups is 1. The molecule has 7 heteroatoms. The van der Waals surface area contributed by atoms with Crippen LogP contribution in [0, 0.1) is 6.54 Å². The first-order chi connectivity index (χ1) is 4.97. The molecular formula is C4HF3N2O2. The van der Waals surface area contributed by atoms with E-state index < -0.39 is 18.3 Å².